The van der Waals surface area contributed by atoms with Gasteiger partial charge in [-0.3, -0.25) is 5.10 Å². The summed E-state index contributed by atoms with van der Waals surface area (Å²) in [6.07, 6.45) is 1.47. The summed E-state index contributed by atoms with van der Waals surface area (Å²) in [6.45, 7) is 0. The van der Waals surface area contributed by atoms with Gasteiger partial charge in [-0.05, 0) is 12.1 Å². The first-order valence-electron chi connectivity index (χ1n) is 3.97. The van der Waals surface area contributed by atoms with E-state index in [0.717, 1.165) is 0 Å². The molecule has 1 heterocycles. The van der Waals surface area contributed by atoms with Crippen LogP contribution in [0.25, 0.3) is 10.9 Å². The van der Waals surface area contributed by atoms with Gasteiger partial charge in [0, 0.05) is 5.39 Å². The predicted octanol–water partition coefficient (Wildman–Crippen LogP) is 1.27. The highest BCUT2D eigenvalue weighted by atomic mass is 16.5. The molecule has 2 aromatic rings. The number of H-pyrrole nitrogens is 1. The summed E-state index contributed by atoms with van der Waals surface area (Å²) in [5.41, 5.74) is 0.821. The van der Waals surface area contributed by atoms with Crippen LogP contribution < -0.4 is 4.74 Å². The first-order chi connectivity index (χ1) is 6.74. The van der Waals surface area contributed by atoms with Crippen LogP contribution in [0.4, 0.5) is 0 Å². The normalized spacial score (nSPS) is 10.4. The molecule has 0 fully saturated rings. The number of aromatic carboxylic acids is 1. The molecule has 5 heteroatoms. The third kappa shape index (κ3) is 1.10. The van der Waals surface area contributed by atoms with Crippen LogP contribution in [-0.4, -0.2) is 28.4 Å². The number of rotatable bonds is 2. The van der Waals surface area contributed by atoms with Gasteiger partial charge in [0.1, 0.15) is 11.3 Å². The van der Waals surface area contributed by atoms with E-state index in [4.69, 9.17) is 9.84 Å². The fraction of sp³-hybridized carbons (Fsp3) is 0.111. The topological polar surface area (TPSA) is 75.2 Å². The van der Waals surface area contributed by atoms with E-state index < -0.39 is 5.97 Å². The van der Waals surface area contributed by atoms with E-state index in [-0.39, 0.29) is 5.56 Å². The Morgan fingerprint density at radius 2 is 2.36 bits per heavy atom. The van der Waals surface area contributed by atoms with Gasteiger partial charge in [-0.2, -0.15) is 5.10 Å². The number of nitrogens with zero attached hydrogens (tertiary/aromatic N) is 1. The van der Waals surface area contributed by atoms with Crippen LogP contribution >= 0.6 is 0 Å². The molecule has 0 radical (unpaired) electrons. The summed E-state index contributed by atoms with van der Waals surface area (Å²) in [7, 11) is 1.44. The number of aromatic nitrogens is 2. The van der Waals surface area contributed by atoms with Crippen LogP contribution in [0.5, 0.6) is 5.75 Å². The zero-order chi connectivity index (χ0) is 10.1. The first-order valence-corrected chi connectivity index (χ1v) is 3.97. The van der Waals surface area contributed by atoms with Crippen LogP contribution in [0, 0.1) is 0 Å². The van der Waals surface area contributed by atoms with Crippen molar-refractivity contribution in [3.05, 3.63) is 23.9 Å². The molecule has 5 nitrogen and oxygen atoms in total. The lowest BCUT2D eigenvalue weighted by atomic mass is 10.1. The lowest BCUT2D eigenvalue weighted by Gasteiger charge is -2.04. The van der Waals surface area contributed by atoms with Gasteiger partial charge in [0.25, 0.3) is 0 Å². The van der Waals surface area contributed by atoms with E-state index in [1.165, 1.54) is 13.3 Å². The highest BCUT2D eigenvalue weighted by Crippen LogP contribution is 2.26. The van der Waals surface area contributed by atoms with Crippen molar-refractivity contribution in [3.8, 4) is 5.75 Å². The SMILES string of the molecule is COc1ccc2[nH]ncc2c1C(=O)O. The van der Waals surface area contributed by atoms with Gasteiger partial charge in [-0.25, -0.2) is 4.79 Å². The van der Waals surface area contributed by atoms with Gasteiger partial charge < -0.3 is 9.84 Å². The van der Waals surface area contributed by atoms with Crippen molar-refractivity contribution in [2.45, 2.75) is 0 Å². The number of benzene rings is 1. The third-order valence-electron chi connectivity index (χ3n) is 2.02. The number of nitrogens with one attached hydrogen (secondary N) is 1. The van der Waals surface area contributed by atoms with E-state index in [0.29, 0.717) is 16.7 Å². The number of methoxy groups -OCH3 is 1. The van der Waals surface area contributed by atoms with Gasteiger partial charge in [0.15, 0.2) is 0 Å². The molecular formula is C9H8N2O3. The second-order valence-electron chi connectivity index (χ2n) is 2.78. The zero-order valence-corrected chi connectivity index (χ0v) is 7.44. The second-order valence-corrected chi connectivity index (χ2v) is 2.78. The fourth-order valence-electron chi connectivity index (χ4n) is 1.39. The van der Waals surface area contributed by atoms with Gasteiger partial charge in [-0.1, -0.05) is 0 Å². The summed E-state index contributed by atoms with van der Waals surface area (Å²) in [5.74, 6) is -0.680. The molecule has 0 atom stereocenters. The number of hydrogen-bond acceptors (Lipinski definition) is 3. The van der Waals surface area contributed by atoms with Gasteiger partial charge in [0.2, 0.25) is 0 Å². The monoisotopic (exact) mass is 192 g/mol. The Balaban J connectivity index is 2.82. The number of carboxylic acid groups (broad SMARTS) is 1. The number of ether oxygens (including phenoxy) is 1. The molecule has 0 aliphatic carbocycles. The minimum Gasteiger partial charge on any atom is -0.496 e. The van der Waals surface area contributed by atoms with Gasteiger partial charge >= 0.3 is 5.97 Å². The summed E-state index contributed by atoms with van der Waals surface area (Å²) in [6, 6.07) is 3.33. The number of hydrogen-bond donors (Lipinski definition) is 2. The Bertz CT molecular complexity index is 490. The molecule has 1 aromatic heterocycles. The fourth-order valence-corrected chi connectivity index (χ4v) is 1.39. The van der Waals surface area contributed by atoms with Crippen molar-refractivity contribution in [2.24, 2.45) is 0 Å². The van der Waals surface area contributed by atoms with Crippen molar-refractivity contribution in [2.75, 3.05) is 7.11 Å². The molecule has 0 amide bonds. The van der Waals surface area contributed by atoms with E-state index in [2.05, 4.69) is 10.2 Å². The maximum atomic E-state index is 11.0. The van der Waals surface area contributed by atoms with Crippen molar-refractivity contribution >= 4 is 16.9 Å². The van der Waals surface area contributed by atoms with Gasteiger partial charge in [0.05, 0.1) is 18.8 Å². The van der Waals surface area contributed by atoms with Crippen LogP contribution in [0.3, 0.4) is 0 Å². The smallest absolute Gasteiger partial charge is 0.340 e. The Kier molecular flexibility index (Phi) is 1.85. The largest absolute Gasteiger partial charge is 0.496 e. The maximum absolute atomic E-state index is 11.0. The van der Waals surface area contributed by atoms with Gasteiger partial charge in [-0.15, -0.1) is 0 Å². The minimum absolute atomic E-state index is 0.138. The number of carbonyl (C=O) groups is 1. The zero-order valence-electron chi connectivity index (χ0n) is 7.44. The van der Waals surface area contributed by atoms with E-state index in [1.807, 2.05) is 0 Å². The van der Waals surface area contributed by atoms with E-state index in [9.17, 15) is 4.79 Å². The predicted molar refractivity (Wildman–Crippen MR) is 49.6 cm³/mol. The highest BCUT2D eigenvalue weighted by Gasteiger charge is 2.15. The molecule has 0 aliphatic rings. The molecule has 14 heavy (non-hydrogen) atoms. The maximum Gasteiger partial charge on any atom is 0.340 e. The minimum atomic E-state index is -1.02. The average molecular weight is 192 g/mol. The molecule has 0 saturated heterocycles. The van der Waals surface area contributed by atoms with Crippen LogP contribution in [0.2, 0.25) is 0 Å². The molecule has 0 saturated carbocycles. The Morgan fingerprint density at radius 3 is 3.00 bits per heavy atom. The molecule has 2 N–H and O–H groups in total. The molecule has 2 rings (SSSR count). The molecule has 1 aromatic carbocycles. The standard InChI is InChI=1S/C9H8N2O3/c1-14-7-3-2-6-5(4-10-11-6)8(7)9(12)13/h2-4H,1H3,(H,10,11)(H,12,13). The Labute approximate surface area is 79.3 Å². The quantitative estimate of drug-likeness (QED) is 0.751. The lowest BCUT2D eigenvalue weighted by Crippen LogP contribution is -2.00. The summed E-state index contributed by atoms with van der Waals surface area (Å²) in [5, 5.41) is 16.0. The molecule has 72 valence electrons. The van der Waals surface area contributed by atoms with Crippen molar-refractivity contribution < 1.29 is 14.6 Å². The molecular weight excluding hydrogens is 184 g/mol. The average Bonchev–Trinajstić information content (AvgIpc) is 2.62. The van der Waals surface area contributed by atoms with Crippen LogP contribution in [0.1, 0.15) is 10.4 Å². The summed E-state index contributed by atoms with van der Waals surface area (Å²) in [4.78, 5) is 11.0. The first kappa shape index (κ1) is 8.55. The van der Waals surface area contributed by atoms with Crippen LogP contribution in [0.15, 0.2) is 18.3 Å². The van der Waals surface area contributed by atoms with Crippen molar-refractivity contribution in [3.63, 3.8) is 0 Å². The number of carboxylic acids is 1. The van der Waals surface area contributed by atoms with Crippen molar-refractivity contribution in [1.29, 1.82) is 0 Å². The lowest BCUT2D eigenvalue weighted by molar-refractivity contribution is 0.0695. The highest BCUT2D eigenvalue weighted by molar-refractivity contribution is 6.05. The van der Waals surface area contributed by atoms with E-state index >= 15 is 0 Å². The third-order valence-corrected chi connectivity index (χ3v) is 2.02. The van der Waals surface area contributed by atoms with E-state index in [1.54, 1.807) is 12.1 Å². The summed E-state index contributed by atoms with van der Waals surface area (Å²) < 4.78 is 4.96. The molecule has 0 unspecified atom stereocenters. The number of aromatic amines is 1. The van der Waals surface area contributed by atoms with Crippen LogP contribution in [-0.2, 0) is 0 Å². The number of fused-ring (bicyclic) bond motifs is 1. The summed E-state index contributed by atoms with van der Waals surface area (Å²) >= 11 is 0. The molecule has 0 spiro atoms. The molecule has 0 bridgehead atoms. The Hall–Kier alpha value is -2.04. The molecule has 0 aliphatic heterocycles. The van der Waals surface area contributed by atoms with Crippen molar-refractivity contribution in [1.82, 2.24) is 10.2 Å². The second kappa shape index (κ2) is 3.02. The Morgan fingerprint density at radius 1 is 1.57 bits per heavy atom.